The van der Waals surface area contributed by atoms with Crippen molar-refractivity contribution >= 4 is 11.8 Å². The fourth-order valence-electron chi connectivity index (χ4n) is 4.65. The van der Waals surface area contributed by atoms with Gasteiger partial charge in [-0.2, -0.15) is 0 Å². The van der Waals surface area contributed by atoms with E-state index in [1.165, 1.54) is 19.3 Å². The van der Waals surface area contributed by atoms with E-state index in [-0.39, 0.29) is 17.7 Å². The average Bonchev–Trinajstić information content (AvgIpc) is 2.84. The number of rotatable bonds is 10. The molecule has 3 rings (SSSR count). The summed E-state index contributed by atoms with van der Waals surface area (Å²) < 4.78 is 5.46. The third kappa shape index (κ3) is 7.31. The first kappa shape index (κ1) is 24.7. The highest BCUT2D eigenvalue weighted by Gasteiger charge is 2.31. The molecule has 1 unspecified atom stereocenters. The molecule has 2 heterocycles. The number of unbranched alkanes of at least 4 members (excludes halogenated alkanes) is 3. The van der Waals surface area contributed by atoms with Crippen LogP contribution in [0.2, 0.25) is 0 Å². The maximum absolute atomic E-state index is 13.5. The minimum absolute atomic E-state index is 0.0466. The van der Waals surface area contributed by atoms with Crippen LogP contribution in [0.25, 0.3) is 0 Å². The maximum Gasteiger partial charge on any atom is 0.253 e. The predicted octanol–water partition coefficient (Wildman–Crippen LogP) is 3.59. The first-order valence-corrected chi connectivity index (χ1v) is 12.5. The van der Waals surface area contributed by atoms with E-state index in [9.17, 15) is 9.59 Å². The molecule has 2 fully saturated rings. The number of aryl methyl sites for hydroxylation is 1. The standard InChI is InChI=1S/C26H41N3O3/c1-3-4-5-6-13-28(16-15-27-17-19-32-20-18-27)26(31)24-8-7-14-29(21-24)25(30)23-11-9-22(2)10-12-23/h9-12,24H,3-8,13-21H2,1-2H3. The van der Waals surface area contributed by atoms with E-state index in [2.05, 4.69) is 16.7 Å². The van der Waals surface area contributed by atoms with Crippen molar-refractivity contribution in [1.82, 2.24) is 14.7 Å². The van der Waals surface area contributed by atoms with Crippen molar-refractivity contribution in [2.75, 3.05) is 59.0 Å². The van der Waals surface area contributed by atoms with Gasteiger partial charge in [0.05, 0.1) is 19.1 Å². The molecule has 1 aromatic rings. The van der Waals surface area contributed by atoms with Crippen molar-refractivity contribution in [3.05, 3.63) is 35.4 Å². The largest absolute Gasteiger partial charge is 0.379 e. The summed E-state index contributed by atoms with van der Waals surface area (Å²) in [5.41, 5.74) is 1.86. The fraction of sp³-hybridized carbons (Fsp3) is 0.692. The number of hydrogen-bond acceptors (Lipinski definition) is 4. The Morgan fingerprint density at radius 1 is 1.03 bits per heavy atom. The van der Waals surface area contributed by atoms with Gasteiger partial charge >= 0.3 is 0 Å². The second-order valence-electron chi connectivity index (χ2n) is 9.30. The molecule has 0 aromatic heterocycles. The Kier molecular flexibility index (Phi) is 10.0. The summed E-state index contributed by atoms with van der Waals surface area (Å²) in [6, 6.07) is 7.74. The average molecular weight is 444 g/mol. The molecule has 2 saturated heterocycles. The van der Waals surface area contributed by atoms with E-state index in [4.69, 9.17) is 4.74 Å². The number of carbonyl (C=O) groups excluding carboxylic acids is 2. The van der Waals surface area contributed by atoms with Gasteiger partial charge in [0.1, 0.15) is 0 Å². The van der Waals surface area contributed by atoms with Gasteiger partial charge in [-0.3, -0.25) is 14.5 Å². The number of likely N-dealkylation sites (tertiary alicyclic amines) is 1. The van der Waals surface area contributed by atoms with Crippen LogP contribution < -0.4 is 0 Å². The highest BCUT2D eigenvalue weighted by molar-refractivity contribution is 5.94. The van der Waals surface area contributed by atoms with Crippen molar-refractivity contribution in [3.63, 3.8) is 0 Å². The summed E-state index contributed by atoms with van der Waals surface area (Å²) in [5.74, 6) is 0.190. The van der Waals surface area contributed by atoms with E-state index in [0.717, 1.165) is 77.3 Å². The highest BCUT2D eigenvalue weighted by atomic mass is 16.5. The minimum atomic E-state index is -0.0889. The molecule has 1 aromatic carbocycles. The zero-order valence-corrected chi connectivity index (χ0v) is 20.1. The molecule has 0 radical (unpaired) electrons. The van der Waals surface area contributed by atoms with Crippen LogP contribution in [-0.2, 0) is 9.53 Å². The lowest BCUT2D eigenvalue weighted by molar-refractivity contribution is -0.137. The lowest BCUT2D eigenvalue weighted by atomic mass is 9.95. The third-order valence-corrected chi connectivity index (χ3v) is 6.74. The number of benzene rings is 1. The minimum Gasteiger partial charge on any atom is -0.379 e. The Balaban J connectivity index is 1.59. The van der Waals surface area contributed by atoms with Gasteiger partial charge in [-0.1, -0.05) is 43.9 Å². The SMILES string of the molecule is CCCCCCN(CCN1CCOCC1)C(=O)C1CCCN(C(=O)c2ccc(C)cc2)C1. The fourth-order valence-corrected chi connectivity index (χ4v) is 4.65. The zero-order chi connectivity index (χ0) is 22.8. The lowest BCUT2D eigenvalue weighted by Crippen LogP contribution is -2.49. The van der Waals surface area contributed by atoms with Gasteiger partial charge < -0.3 is 14.5 Å². The molecule has 2 aliphatic heterocycles. The molecule has 178 valence electrons. The van der Waals surface area contributed by atoms with E-state index in [0.29, 0.717) is 12.1 Å². The van der Waals surface area contributed by atoms with Crippen molar-refractivity contribution in [2.45, 2.75) is 52.4 Å². The quantitative estimate of drug-likeness (QED) is 0.519. The highest BCUT2D eigenvalue weighted by Crippen LogP contribution is 2.21. The zero-order valence-electron chi connectivity index (χ0n) is 20.1. The normalized spacial score (nSPS) is 19.7. The van der Waals surface area contributed by atoms with Crippen molar-refractivity contribution in [3.8, 4) is 0 Å². The molecular weight excluding hydrogens is 402 g/mol. The smallest absolute Gasteiger partial charge is 0.253 e. The first-order valence-electron chi connectivity index (χ1n) is 12.5. The molecule has 0 aliphatic carbocycles. The molecule has 0 spiro atoms. The molecule has 2 amide bonds. The van der Waals surface area contributed by atoms with Gasteiger partial charge in [0.2, 0.25) is 5.91 Å². The Bertz CT molecular complexity index is 716. The number of amides is 2. The second kappa shape index (κ2) is 12.9. The Morgan fingerprint density at radius 2 is 1.78 bits per heavy atom. The van der Waals surface area contributed by atoms with Crippen LogP contribution >= 0.6 is 0 Å². The van der Waals surface area contributed by atoms with Gasteiger partial charge in [0, 0.05) is 51.4 Å². The van der Waals surface area contributed by atoms with E-state index >= 15 is 0 Å². The lowest BCUT2D eigenvalue weighted by Gasteiger charge is -2.36. The number of piperidine rings is 1. The van der Waals surface area contributed by atoms with Gasteiger partial charge in [0.25, 0.3) is 5.91 Å². The summed E-state index contributed by atoms with van der Waals surface area (Å²) in [4.78, 5) is 32.9. The summed E-state index contributed by atoms with van der Waals surface area (Å²) >= 11 is 0. The van der Waals surface area contributed by atoms with Crippen molar-refractivity contribution in [1.29, 1.82) is 0 Å². The van der Waals surface area contributed by atoms with E-state index in [1.807, 2.05) is 36.1 Å². The summed E-state index contributed by atoms with van der Waals surface area (Å²) in [7, 11) is 0. The van der Waals surface area contributed by atoms with Crippen molar-refractivity contribution < 1.29 is 14.3 Å². The van der Waals surface area contributed by atoms with Gasteiger partial charge in [0.15, 0.2) is 0 Å². The van der Waals surface area contributed by atoms with Gasteiger partial charge in [-0.05, 0) is 38.3 Å². The third-order valence-electron chi connectivity index (χ3n) is 6.74. The van der Waals surface area contributed by atoms with Gasteiger partial charge in [-0.25, -0.2) is 0 Å². The molecule has 2 aliphatic rings. The van der Waals surface area contributed by atoms with E-state index < -0.39 is 0 Å². The predicted molar refractivity (Wildman–Crippen MR) is 128 cm³/mol. The Morgan fingerprint density at radius 3 is 2.50 bits per heavy atom. The number of hydrogen-bond donors (Lipinski definition) is 0. The van der Waals surface area contributed by atoms with Crippen LogP contribution in [0, 0.1) is 12.8 Å². The van der Waals surface area contributed by atoms with Crippen LogP contribution in [-0.4, -0.2) is 85.5 Å². The first-order chi connectivity index (χ1) is 15.6. The molecular formula is C26H41N3O3. The summed E-state index contributed by atoms with van der Waals surface area (Å²) in [6.07, 6.45) is 6.40. The number of ether oxygens (including phenoxy) is 1. The molecule has 1 atom stereocenters. The molecule has 0 N–H and O–H groups in total. The van der Waals surface area contributed by atoms with Crippen LogP contribution in [0.3, 0.4) is 0 Å². The number of nitrogens with zero attached hydrogens (tertiary/aromatic N) is 3. The molecule has 0 bridgehead atoms. The van der Waals surface area contributed by atoms with Crippen LogP contribution in [0.1, 0.15) is 61.4 Å². The second-order valence-corrected chi connectivity index (χ2v) is 9.30. The van der Waals surface area contributed by atoms with Crippen LogP contribution in [0.4, 0.5) is 0 Å². The Labute approximate surface area is 193 Å². The topological polar surface area (TPSA) is 53.1 Å². The summed E-state index contributed by atoms with van der Waals surface area (Å²) in [6.45, 7) is 11.5. The van der Waals surface area contributed by atoms with Crippen LogP contribution in [0.5, 0.6) is 0 Å². The van der Waals surface area contributed by atoms with E-state index in [1.54, 1.807) is 0 Å². The molecule has 32 heavy (non-hydrogen) atoms. The number of carbonyl (C=O) groups is 2. The van der Waals surface area contributed by atoms with Gasteiger partial charge in [-0.15, -0.1) is 0 Å². The summed E-state index contributed by atoms with van der Waals surface area (Å²) in [5, 5.41) is 0. The maximum atomic E-state index is 13.5. The van der Waals surface area contributed by atoms with Crippen molar-refractivity contribution in [2.24, 2.45) is 5.92 Å². The monoisotopic (exact) mass is 443 g/mol. The number of morpholine rings is 1. The Hall–Kier alpha value is -1.92. The molecule has 0 saturated carbocycles. The molecule has 6 nitrogen and oxygen atoms in total. The molecule has 6 heteroatoms. The van der Waals surface area contributed by atoms with Crippen LogP contribution in [0.15, 0.2) is 24.3 Å².